The smallest absolute Gasteiger partial charge is 0.406 e. The number of sulfonamides is 1. The Labute approximate surface area is 178 Å². The maximum atomic E-state index is 12.7. The third-order valence-corrected chi connectivity index (χ3v) is 6.69. The third kappa shape index (κ3) is 6.29. The molecule has 1 aliphatic rings. The van der Waals surface area contributed by atoms with Crippen LogP contribution in [0.4, 0.5) is 19.0 Å². The lowest BCUT2D eigenvalue weighted by Crippen LogP contribution is -2.47. The van der Waals surface area contributed by atoms with Gasteiger partial charge < -0.3 is 20.1 Å². The number of nitrogens with one attached hydrogen (secondary N) is 1. The molecule has 0 amide bonds. The molecule has 3 rings (SSSR count). The quantitative estimate of drug-likeness (QED) is 0.653. The van der Waals surface area contributed by atoms with E-state index in [4.69, 9.17) is 0 Å². The van der Waals surface area contributed by atoms with E-state index in [-0.39, 0.29) is 17.2 Å². The minimum Gasteiger partial charge on any atom is -0.406 e. The molecular weight excluding hydrogens is 437 g/mol. The van der Waals surface area contributed by atoms with Crippen molar-refractivity contribution in [3.63, 3.8) is 0 Å². The molecule has 1 aromatic carbocycles. The maximum Gasteiger partial charge on any atom is 0.573 e. The zero-order chi connectivity index (χ0) is 22.6. The van der Waals surface area contributed by atoms with Crippen molar-refractivity contribution in [3.8, 4) is 5.75 Å². The lowest BCUT2D eigenvalue weighted by molar-refractivity contribution is -0.274. The van der Waals surface area contributed by atoms with Gasteiger partial charge >= 0.3 is 6.36 Å². The molecule has 1 aliphatic heterocycles. The highest BCUT2D eigenvalue weighted by Crippen LogP contribution is 2.25. The number of alkyl halides is 3. The van der Waals surface area contributed by atoms with Crippen LogP contribution in [0.2, 0.25) is 0 Å². The highest BCUT2D eigenvalue weighted by atomic mass is 32.2. The number of aromatic nitrogens is 1. The summed E-state index contributed by atoms with van der Waals surface area (Å²) in [6.45, 7) is 2.17. The minimum absolute atomic E-state index is 0.0248. The second-order valence-electron chi connectivity index (χ2n) is 7.10. The summed E-state index contributed by atoms with van der Waals surface area (Å²) in [7, 11) is -1.68. The Bertz CT molecular complexity index is 961. The van der Waals surface area contributed by atoms with Crippen LogP contribution in [0.3, 0.4) is 0 Å². The van der Waals surface area contributed by atoms with Crippen LogP contribution in [-0.4, -0.2) is 73.8 Å². The third-order valence-electron chi connectivity index (χ3n) is 4.81. The van der Waals surface area contributed by atoms with Crippen LogP contribution in [0.15, 0.2) is 47.5 Å². The van der Waals surface area contributed by atoms with Gasteiger partial charge in [0.1, 0.15) is 16.5 Å². The zero-order valence-electron chi connectivity index (χ0n) is 16.7. The predicted octanol–water partition coefficient (Wildman–Crippen LogP) is 2.06. The number of hydrogen-bond donors (Lipinski definition) is 2. The number of aliphatic hydroxyl groups is 1. The number of hydrogen-bond acceptors (Lipinski definition) is 7. The van der Waals surface area contributed by atoms with Crippen LogP contribution < -0.4 is 10.1 Å². The van der Waals surface area contributed by atoms with E-state index in [9.17, 15) is 26.7 Å². The van der Waals surface area contributed by atoms with Crippen LogP contribution in [-0.2, 0) is 10.0 Å². The van der Waals surface area contributed by atoms with Crippen LogP contribution in [0, 0.1) is 0 Å². The van der Waals surface area contributed by atoms with E-state index in [0.717, 1.165) is 12.1 Å². The molecule has 1 atom stereocenters. The van der Waals surface area contributed by atoms with Crippen molar-refractivity contribution >= 4 is 15.8 Å². The Morgan fingerprint density at radius 1 is 1.13 bits per heavy atom. The molecule has 0 radical (unpaired) electrons. The number of nitrogens with zero attached hydrogens (tertiary/aromatic N) is 3. The first-order valence-electron chi connectivity index (χ1n) is 9.47. The Kier molecular flexibility index (Phi) is 7.04. The van der Waals surface area contributed by atoms with E-state index < -0.39 is 22.5 Å². The maximum absolute atomic E-state index is 12.7. The van der Waals surface area contributed by atoms with Crippen molar-refractivity contribution in [2.24, 2.45) is 0 Å². The van der Waals surface area contributed by atoms with E-state index in [1.54, 1.807) is 0 Å². The van der Waals surface area contributed by atoms with Gasteiger partial charge in [-0.25, -0.2) is 13.4 Å². The monoisotopic (exact) mass is 460 g/mol. The van der Waals surface area contributed by atoms with E-state index in [1.807, 2.05) is 7.05 Å². The lowest BCUT2D eigenvalue weighted by atomic mass is 10.1. The molecule has 2 heterocycles. The molecule has 0 aliphatic carbocycles. The van der Waals surface area contributed by atoms with Gasteiger partial charge in [0, 0.05) is 38.9 Å². The normalized spacial score (nSPS) is 17.3. The van der Waals surface area contributed by atoms with Crippen molar-refractivity contribution < 1.29 is 31.4 Å². The average Bonchev–Trinajstić information content (AvgIpc) is 2.72. The number of piperazine rings is 1. The van der Waals surface area contributed by atoms with Crippen molar-refractivity contribution in [1.82, 2.24) is 14.2 Å². The SMILES string of the molecule is CN1CCN(S(=O)(=O)c2ccc(NCC(O)c3ccc(OC(F)(F)F)cc3)nc2)CC1. The lowest BCUT2D eigenvalue weighted by Gasteiger charge is -2.31. The second-order valence-corrected chi connectivity index (χ2v) is 9.04. The number of rotatable bonds is 7. The molecule has 12 heteroatoms. The predicted molar refractivity (Wildman–Crippen MR) is 107 cm³/mol. The number of aliphatic hydroxyl groups excluding tert-OH is 1. The number of ether oxygens (including phenoxy) is 1. The summed E-state index contributed by atoms with van der Waals surface area (Å²) in [5, 5.41) is 13.1. The Morgan fingerprint density at radius 2 is 1.77 bits per heavy atom. The van der Waals surface area contributed by atoms with Crippen LogP contribution >= 0.6 is 0 Å². The number of anilines is 1. The van der Waals surface area contributed by atoms with Crippen molar-refractivity contribution in [2.75, 3.05) is 45.1 Å². The van der Waals surface area contributed by atoms with Crippen molar-refractivity contribution in [1.29, 1.82) is 0 Å². The Morgan fingerprint density at radius 3 is 2.32 bits per heavy atom. The van der Waals surface area contributed by atoms with Crippen LogP contribution in [0.25, 0.3) is 0 Å². The summed E-state index contributed by atoms with van der Waals surface area (Å²) in [6, 6.07) is 7.82. The minimum atomic E-state index is -4.78. The number of halogens is 3. The van der Waals surface area contributed by atoms with Gasteiger partial charge in [-0.05, 0) is 36.9 Å². The average molecular weight is 460 g/mol. The molecule has 2 N–H and O–H groups in total. The summed E-state index contributed by atoms with van der Waals surface area (Å²) in [5.74, 6) is -0.0244. The first kappa shape index (κ1) is 23.3. The summed E-state index contributed by atoms with van der Waals surface area (Å²) >= 11 is 0. The fourth-order valence-corrected chi connectivity index (χ4v) is 4.39. The van der Waals surface area contributed by atoms with Gasteiger partial charge in [0.25, 0.3) is 0 Å². The highest BCUT2D eigenvalue weighted by molar-refractivity contribution is 7.89. The molecule has 1 aromatic heterocycles. The van der Waals surface area contributed by atoms with E-state index in [1.165, 1.54) is 34.8 Å². The van der Waals surface area contributed by atoms with E-state index in [0.29, 0.717) is 37.6 Å². The highest BCUT2D eigenvalue weighted by Gasteiger charge is 2.31. The standard InChI is InChI=1S/C19H23F3N4O4S/c1-25-8-10-26(11-9-25)31(28,29)16-6-7-18(23-12-16)24-13-17(27)14-2-4-15(5-3-14)30-19(20,21)22/h2-7,12,17,27H,8-11,13H2,1H3,(H,23,24). The van der Waals surface area contributed by atoms with Gasteiger partial charge in [0.15, 0.2) is 0 Å². The van der Waals surface area contributed by atoms with Gasteiger partial charge in [0.2, 0.25) is 10.0 Å². The summed E-state index contributed by atoms with van der Waals surface area (Å²) < 4.78 is 67.2. The number of likely N-dealkylation sites (N-methyl/N-ethyl adjacent to an activating group) is 1. The van der Waals surface area contributed by atoms with E-state index >= 15 is 0 Å². The fraction of sp³-hybridized carbons (Fsp3) is 0.421. The van der Waals surface area contributed by atoms with Gasteiger partial charge in [-0.15, -0.1) is 13.2 Å². The fourth-order valence-electron chi connectivity index (χ4n) is 3.03. The van der Waals surface area contributed by atoms with Crippen LogP contribution in [0.1, 0.15) is 11.7 Å². The first-order valence-corrected chi connectivity index (χ1v) is 10.9. The molecule has 8 nitrogen and oxygen atoms in total. The summed E-state index contributed by atoms with van der Waals surface area (Å²) in [5.41, 5.74) is 0.385. The molecule has 0 bridgehead atoms. The van der Waals surface area contributed by atoms with Gasteiger partial charge in [0.05, 0.1) is 6.10 Å². The number of pyridine rings is 1. The van der Waals surface area contributed by atoms with Crippen molar-refractivity contribution in [3.05, 3.63) is 48.2 Å². The van der Waals surface area contributed by atoms with Gasteiger partial charge in [-0.3, -0.25) is 0 Å². The molecule has 1 fully saturated rings. The number of benzene rings is 1. The molecular formula is C19H23F3N4O4S. The second kappa shape index (κ2) is 9.39. The van der Waals surface area contributed by atoms with E-state index in [2.05, 4.69) is 19.9 Å². The molecule has 1 saturated heterocycles. The molecule has 1 unspecified atom stereocenters. The zero-order valence-corrected chi connectivity index (χ0v) is 17.5. The van der Waals surface area contributed by atoms with Gasteiger partial charge in [-0.1, -0.05) is 12.1 Å². The largest absolute Gasteiger partial charge is 0.573 e. The molecule has 2 aromatic rings. The summed E-state index contributed by atoms with van der Waals surface area (Å²) in [4.78, 5) is 6.23. The van der Waals surface area contributed by atoms with Crippen LogP contribution in [0.5, 0.6) is 5.75 Å². The first-order chi connectivity index (χ1) is 14.5. The molecule has 31 heavy (non-hydrogen) atoms. The molecule has 0 spiro atoms. The topological polar surface area (TPSA) is 95.0 Å². The Hall–Kier alpha value is -2.41. The Balaban J connectivity index is 1.56. The van der Waals surface area contributed by atoms with Crippen molar-refractivity contribution in [2.45, 2.75) is 17.4 Å². The van der Waals surface area contributed by atoms with Gasteiger partial charge in [-0.2, -0.15) is 4.31 Å². The molecule has 170 valence electrons. The summed E-state index contributed by atoms with van der Waals surface area (Å²) in [6.07, 6.45) is -4.54. The molecule has 0 saturated carbocycles.